The van der Waals surface area contributed by atoms with Crippen LogP contribution in [-0.4, -0.2) is 63.9 Å². The fraction of sp³-hybridized carbons (Fsp3) is 0.600. The first-order chi connectivity index (χ1) is 13.0. The minimum atomic E-state index is -1.05. The van der Waals surface area contributed by atoms with Gasteiger partial charge in [-0.1, -0.05) is 25.7 Å². The van der Waals surface area contributed by atoms with E-state index in [2.05, 4.69) is 4.98 Å². The summed E-state index contributed by atoms with van der Waals surface area (Å²) >= 11 is 0. The second-order valence-electron chi connectivity index (χ2n) is 7.50. The van der Waals surface area contributed by atoms with Gasteiger partial charge in [0.05, 0.1) is 11.3 Å². The molecule has 0 radical (unpaired) electrons. The minimum absolute atomic E-state index is 0.101. The fourth-order valence-electron chi connectivity index (χ4n) is 4.01. The zero-order valence-corrected chi connectivity index (χ0v) is 15.8. The van der Waals surface area contributed by atoms with Crippen molar-refractivity contribution in [2.45, 2.75) is 45.4 Å². The highest BCUT2D eigenvalue weighted by molar-refractivity contribution is 5.94. The highest BCUT2D eigenvalue weighted by Gasteiger charge is 2.26. The lowest BCUT2D eigenvalue weighted by molar-refractivity contribution is -0.133. The molecule has 1 aliphatic heterocycles. The summed E-state index contributed by atoms with van der Waals surface area (Å²) in [5.74, 6) is -0.370. The Hall–Kier alpha value is -2.44. The Kier molecular flexibility index (Phi) is 6.08. The highest BCUT2D eigenvalue weighted by Crippen LogP contribution is 2.28. The molecule has 3 rings (SSSR count). The van der Waals surface area contributed by atoms with Gasteiger partial charge in [-0.05, 0) is 31.4 Å². The molecule has 1 aromatic heterocycles. The summed E-state index contributed by atoms with van der Waals surface area (Å²) in [5.41, 5.74) is 0.678. The van der Waals surface area contributed by atoms with Crippen molar-refractivity contribution in [3.63, 3.8) is 0 Å². The lowest BCUT2D eigenvalue weighted by atomic mass is 10.0. The molecule has 0 bridgehead atoms. The van der Waals surface area contributed by atoms with Crippen LogP contribution >= 0.6 is 0 Å². The molecule has 0 unspecified atom stereocenters. The molecule has 2 amide bonds. The van der Waals surface area contributed by atoms with Gasteiger partial charge >= 0.3 is 5.97 Å². The third kappa shape index (κ3) is 4.64. The van der Waals surface area contributed by atoms with Gasteiger partial charge in [-0.2, -0.15) is 0 Å². The first-order valence-electron chi connectivity index (χ1n) is 9.73. The maximum atomic E-state index is 12.6. The van der Waals surface area contributed by atoms with Crippen molar-refractivity contribution in [3.05, 3.63) is 29.1 Å². The Morgan fingerprint density at radius 3 is 2.30 bits per heavy atom. The Bertz CT molecular complexity index is 720. The van der Waals surface area contributed by atoms with Gasteiger partial charge in [-0.15, -0.1) is 0 Å². The van der Waals surface area contributed by atoms with Gasteiger partial charge < -0.3 is 14.9 Å². The molecular formula is C20H27N3O4. The van der Waals surface area contributed by atoms with Gasteiger partial charge in [0.2, 0.25) is 5.91 Å². The SMILES string of the molecule is Cc1nc(C(=O)N2CCN(C(=O)CCC3CCCC3)CC2)ccc1C(=O)O. The summed E-state index contributed by atoms with van der Waals surface area (Å²) in [4.78, 5) is 43.8. The van der Waals surface area contributed by atoms with Crippen molar-refractivity contribution >= 4 is 17.8 Å². The molecule has 146 valence electrons. The number of aryl methyl sites for hydroxylation is 1. The number of hydrogen-bond acceptors (Lipinski definition) is 4. The van der Waals surface area contributed by atoms with E-state index in [1.807, 2.05) is 4.90 Å². The van der Waals surface area contributed by atoms with Crippen molar-refractivity contribution in [2.75, 3.05) is 26.2 Å². The third-order valence-corrected chi connectivity index (χ3v) is 5.70. The Morgan fingerprint density at radius 2 is 1.70 bits per heavy atom. The van der Waals surface area contributed by atoms with Crippen LogP contribution in [0.2, 0.25) is 0 Å². The Morgan fingerprint density at radius 1 is 1.07 bits per heavy atom. The molecule has 7 nitrogen and oxygen atoms in total. The number of amides is 2. The van der Waals surface area contributed by atoms with Crippen molar-refractivity contribution in [1.82, 2.24) is 14.8 Å². The fourth-order valence-corrected chi connectivity index (χ4v) is 4.01. The molecule has 1 saturated heterocycles. The molecule has 1 N–H and O–H groups in total. The standard InChI is InChI=1S/C20H27N3O4/c1-14-16(20(26)27)7-8-17(21-14)19(25)23-12-10-22(11-13-23)18(24)9-6-15-4-2-3-5-15/h7-8,15H,2-6,9-13H2,1H3,(H,26,27). The number of carboxylic acids is 1. The van der Waals surface area contributed by atoms with Gasteiger partial charge in [0.1, 0.15) is 5.69 Å². The van der Waals surface area contributed by atoms with Gasteiger partial charge in [-0.3, -0.25) is 9.59 Å². The molecule has 7 heteroatoms. The van der Waals surface area contributed by atoms with Crippen molar-refractivity contribution in [2.24, 2.45) is 5.92 Å². The van der Waals surface area contributed by atoms with Crippen LogP contribution in [-0.2, 0) is 4.79 Å². The van der Waals surface area contributed by atoms with E-state index in [1.54, 1.807) is 11.8 Å². The molecule has 0 atom stereocenters. The van der Waals surface area contributed by atoms with Gasteiger partial charge in [0.25, 0.3) is 5.91 Å². The number of pyridine rings is 1. The lowest BCUT2D eigenvalue weighted by Crippen LogP contribution is -2.50. The number of nitrogens with zero attached hydrogens (tertiary/aromatic N) is 3. The minimum Gasteiger partial charge on any atom is -0.478 e. The summed E-state index contributed by atoms with van der Waals surface area (Å²) in [5, 5.41) is 9.07. The van der Waals surface area contributed by atoms with Crippen LogP contribution in [0.5, 0.6) is 0 Å². The molecule has 2 fully saturated rings. The largest absolute Gasteiger partial charge is 0.478 e. The van der Waals surface area contributed by atoms with Crippen LogP contribution in [0.1, 0.15) is 65.1 Å². The topological polar surface area (TPSA) is 90.8 Å². The summed E-state index contributed by atoms with van der Waals surface area (Å²) in [7, 11) is 0. The van der Waals surface area contributed by atoms with E-state index in [0.29, 0.717) is 44.2 Å². The summed E-state index contributed by atoms with van der Waals surface area (Å²) in [6, 6.07) is 2.87. The van der Waals surface area contributed by atoms with Crippen LogP contribution < -0.4 is 0 Å². The van der Waals surface area contributed by atoms with Crippen molar-refractivity contribution in [3.8, 4) is 0 Å². The molecule has 1 aliphatic carbocycles. The molecule has 0 aromatic carbocycles. The molecule has 2 heterocycles. The zero-order valence-electron chi connectivity index (χ0n) is 15.8. The number of piperazine rings is 1. The first kappa shape index (κ1) is 19.3. The summed E-state index contributed by atoms with van der Waals surface area (Å²) in [6.07, 6.45) is 6.68. The number of carbonyl (C=O) groups is 3. The average molecular weight is 373 g/mol. The monoisotopic (exact) mass is 373 g/mol. The number of aromatic nitrogens is 1. The third-order valence-electron chi connectivity index (χ3n) is 5.70. The molecule has 27 heavy (non-hydrogen) atoms. The molecule has 2 aliphatic rings. The summed E-state index contributed by atoms with van der Waals surface area (Å²) in [6.45, 7) is 3.63. The van der Waals surface area contributed by atoms with E-state index in [0.717, 1.165) is 6.42 Å². The van der Waals surface area contributed by atoms with Crippen LogP contribution in [0.25, 0.3) is 0 Å². The smallest absolute Gasteiger partial charge is 0.337 e. The number of carboxylic acid groups (broad SMARTS) is 1. The Labute approximate surface area is 159 Å². The van der Waals surface area contributed by atoms with Crippen LogP contribution in [0, 0.1) is 12.8 Å². The zero-order chi connectivity index (χ0) is 19.4. The van der Waals surface area contributed by atoms with E-state index in [4.69, 9.17) is 5.11 Å². The predicted molar refractivity (Wildman–Crippen MR) is 99.6 cm³/mol. The van der Waals surface area contributed by atoms with Crippen molar-refractivity contribution < 1.29 is 19.5 Å². The van der Waals surface area contributed by atoms with Gasteiger partial charge in [-0.25, -0.2) is 9.78 Å². The van der Waals surface area contributed by atoms with E-state index >= 15 is 0 Å². The van der Waals surface area contributed by atoms with Crippen LogP contribution in [0.15, 0.2) is 12.1 Å². The van der Waals surface area contributed by atoms with Crippen molar-refractivity contribution in [1.29, 1.82) is 0 Å². The van der Waals surface area contributed by atoms with E-state index in [1.165, 1.54) is 37.8 Å². The molecular weight excluding hydrogens is 346 g/mol. The number of carbonyl (C=O) groups excluding carboxylic acids is 2. The second-order valence-corrected chi connectivity index (χ2v) is 7.50. The van der Waals surface area contributed by atoms with Gasteiger partial charge in [0, 0.05) is 32.6 Å². The molecule has 1 saturated carbocycles. The van der Waals surface area contributed by atoms with Gasteiger partial charge in [0.15, 0.2) is 0 Å². The molecule has 0 spiro atoms. The quantitative estimate of drug-likeness (QED) is 0.855. The summed E-state index contributed by atoms with van der Waals surface area (Å²) < 4.78 is 0. The van der Waals surface area contributed by atoms with E-state index < -0.39 is 5.97 Å². The highest BCUT2D eigenvalue weighted by atomic mass is 16.4. The van der Waals surface area contributed by atoms with E-state index in [9.17, 15) is 14.4 Å². The van der Waals surface area contributed by atoms with Crippen LogP contribution in [0.4, 0.5) is 0 Å². The van der Waals surface area contributed by atoms with Crippen LogP contribution in [0.3, 0.4) is 0 Å². The first-order valence-corrected chi connectivity index (χ1v) is 9.73. The Balaban J connectivity index is 1.50. The number of rotatable bonds is 5. The maximum Gasteiger partial charge on any atom is 0.337 e. The molecule has 1 aromatic rings. The maximum absolute atomic E-state index is 12.6. The normalized spacial score (nSPS) is 18.0. The average Bonchev–Trinajstić information content (AvgIpc) is 3.19. The number of aromatic carboxylic acids is 1. The lowest BCUT2D eigenvalue weighted by Gasteiger charge is -2.35. The second kappa shape index (κ2) is 8.50. The van der Waals surface area contributed by atoms with E-state index in [-0.39, 0.29) is 23.1 Å². The predicted octanol–water partition coefficient (Wildman–Crippen LogP) is 2.34. The number of hydrogen-bond donors (Lipinski definition) is 1.